The quantitative estimate of drug-likeness (QED) is 0.820. The Morgan fingerprint density at radius 3 is 2.61 bits per heavy atom. The van der Waals surface area contributed by atoms with Gasteiger partial charge in [-0.2, -0.15) is 0 Å². The van der Waals surface area contributed by atoms with E-state index in [9.17, 15) is 0 Å². The summed E-state index contributed by atoms with van der Waals surface area (Å²) in [6.07, 6.45) is 9.16. The first-order chi connectivity index (χ1) is 8.69. The third kappa shape index (κ3) is 3.97. The van der Waals surface area contributed by atoms with Gasteiger partial charge in [-0.25, -0.2) is 0 Å². The molecule has 1 nitrogen and oxygen atoms in total. The van der Waals surface area contributed by atoms with Crippen molar-refractivity contribution in [3.63, 3.8) is 0 Å². The van der Waals surface area contributed by atoms with Crippen LogP contribution in [0.3, 0.4) is 0 Å². The lowest BCUT2D eigenvalue weighted by Gasteiger charge is -2.32. The van der Waals surface area contributed by atoms with E-state index in [1.54, 1.807) is 11.3 Å². The van der Waals surface area contributed by atoms with Gasteiger partial charge >= 0.3 is 0 Å². The molecule has 18 heavy (non-hydrogen) atoms. The van der Waals surface area contributed by atoms with Crippen molar-refractivity contribution < 1.29 is 0 Å². The Morgan fingerprint density at radius 1 is 1.33 bits per heavy atom. The van der Waals surface area contributed by atoms with Crippen LogP contribution in [0.1, 0.15) is 50.3 Å². The van der Waals surface area contributed by atoms with Crippen LogP contribution in [0.2, 0.25) is 4.34 Å². The third-order valence-electron chi connectivity index (χ3n) is 4.26. The summed E-state index contributed by atoms with van der Waals surface area (Å²) in [7, 11) is 0. The molecule has 0 amide bonds. The van der Waals surface area contributed by atoms with Crippen LogP contribution >= 0.6 is 22.9 Å². The summed E-state index contributed by atoms with van der Waals surface area (Å²) in [4.78, 5) is 1.34. The molecule has 0 aromatic carbocycles. The monoisotopic (exact) mass is 285 g/mol. The van der Waals surface area contributed by atoms with E-state index in [1.165, 1.54) is 43.4 Å². The summed E-state index contributed by atoms with van der Waals surface area (Å²) >= 11 is 7.64. The van der Waals surface area contributed by atoms with Gasteiger partial charge in [-0.05, 0) is 43.2 Å². The predicted molar refractivity (Wildman–Crippen MR) is 81.4 cm³/mol. The van der Waals surface area contributed by atoms with Gasteiger partial charge in [0.1, 0.15) is 0 Å². The van der Waals surface area contributed by atoms with E-state index in [-0.39, 0.29) is 0 Å². The Morgan fingerprint density at radius 2 is 2.06 bits per heavy atom. The molecule has 1 aliphatic rings. The molecule has 1 fully saturated rings. The van der Waals surface area contributed by atoms with Gasteiger partial charge in [0, 0.05) is 10.9 Å². The molecule has 0 saturated heterocycles. The highest BCUT2D eigenvalue weighted by Gasteiger charge is 2.25. The number of halogens is 1. The van der Waals surface area contributed by atoms with Crippen LogP contribution in [-0.2, 0) is 6.42 Å². The van der Waals surface area contributed by atoms with E-state index in [0.29, 0.717) is 6.04 Å². The van der Waals surface area contributed by atoms with Gasteiger partial charge in [-0.1, -0.05) is 44.2 Å². The molecular weight excluding hydrogens is 262 g/mol. The number of rotatable bonds is 5. The Labute approximate surface area is 120 Å². The highest BCUT2D eigenvalue weighted by Crippen LogP contribution is 2.34. The first kappa shape index (κ1) is 14.4. The summed E-state index contributed by atoms with van der Waals surface area (Å²) in [5.41, 5.74) is 6.37. The molecule has 1 unspecified atom stereocenters. The number of hydrogen-bond acceptors (Lipinski definition) is 2. The molecule has 1 aliphatic carbocycles. The van der Waals surface area contributed by atoms with E-state index in [1.807, 2.05) is 6.07 Å². The number of hydrogen-bond donors (Lipinski definition) is 1. The highest BCUT2D eigenvalue weighted by atomic mass is 35.5. The van der Waals surface area contributed by atoms with Gasteiger partial charge in [0.15, 0.2) is 0 Å². The van der Waals surface area contributed by atoms with Crippen LogP contribution < -0.4 is 5.73 Å². The molecule has 1 aromatic heterocycles. The fourth-order valence-electron chi connectivity index (χ4n) is 3.17. The summed E-state index contributed by atoms with van der Waals surface area (Å²) in [6.45, 7) is 2.29. The Bertz CT molecular complexity index is 355. The van der Waals surface area contributed by atoms with Crippen molar-refractivity contribution in [1.29, 1.82) is 0 Å². The second-order valence-corrected chi connectivity index (χ2v) is 7.44. The van der Waals surface area contributed by atoms with Crippen molar-refractivity contribution in [2.45, 2.75) is 57.9 Å². The van der Waals surface area contributed by atoms with Gasteiger partial charge < -0.3 is 5.73 Å². The summed E-state index contributed by atoms with van der Waals surface area (Å²) in [5.74, 6) is 1.69. The van der Waals surface area contributed by atoms with Crippen LogP contribution in [-0.4, -0.2) is 6.04 Å². The summed E-state index contributed by atoms with van der Waals surface area (Å²) < 4.78 is 0.879. The van der Waals surface area contributed by atoms with Crippen LogP contribution in [0, 0.1) is 11.8 Å². The van der Waals surface area contributed by atoms with Gasteiger partial charge in [-0.15, -0.1) is 11.3 Å². The molecule has 2 rings (SSSR count). The topological polar surface area (TPSA) is 26.0 Å². The van der Waals surface area contributed by atoms with Crippen molar-refractivity contribution in [2.24, 2.45) is 17.6 Å². The molecular formula is C15H24ClNS. The van der Waals surface area contributed by atoms with E-state index < -0.39 is 0 Å². The normalized spacial score (nSPS) is 26.2. The van der Waals surface area contributed by atoms with Gasteiger partial charge in [0.05, 0.1) is 4.34 Å². The predicted octanol–water partition coefficient (Wildman–Crippen LogP) is 4.88. The zero-order valence-corrected chi connectivity index (χ0v) is 12.8. The molecule has 102 valence electrons. The third-order valence-corrected chi connectivity index (χ3v) is 5.51. The van der Waals surface area contributed by atoms with Crippen LogP contribution in [0.4, 0.5) is 0 Å². The smallest absolute Gasteiger partial charge is 0.0931 e. The van der Waals surface area contributed by atoms with Crippen LogP contribution in [0.5, 0.6) is 0 Å². The van der Waals surface area contributed by atoms with Crippen LogP contribution in [0.25, 0.3) is 0 Å². The van der Waals surface area contributed by atoms with Gasteiger partial charge in [-0.3, -0.25) is 0 Å². The lowest BCUT2D eigenvalue weighted by Crippen LogP contribution is -2.34. The molecule has 1 atom stereocenters. The standard InChI is InChI=1S/C15H24ClNS/c1-2-3-11-4-6-12(7-5-11)14(17)10-13-8-9-15(16)18-13/h8-9,11-12,14H,2-7,10,17H2,1H3. The second kappa shape index (κ2) is 6.93. The zero-order valence-electron chi connectivity index (χ0n) is 11.2. The molecule has 1 heterocycles. The molecule has 1 saturated carbocycles. The van der Waals surface area contributed by atoms with Crippen molar-refractivity contribution in [1.82, 2.24) is 0 Å². The largest absolute Gasteiger partial charge is 0.327 e. The number of nitrogens with two attached hydrogens (primary N) is 1. The maximum absolute atomic E-state index is 6.37. The lowest BCUT2D eigenvalue weighted by molar-refractivity contribution is 0.233. The fourth-order valence-corrected chi connectivity index (χ4v) is 4.33. The summed E-state index contributed by atoms with van der Waals surface area (Å²) in [6, 6.07) is 4.42. The average molecular weight is 286 g/mol. The average Bonchev–Trinajstić information content (AvgIpc) is 2.76. The molecule has 1 aromatic rings. The van der Waals surface area contributed by atoms with E-state index in [2.05, 4.69) is 13.0 Å². The van der Waals surface area contributed by atoms with Crippen molar-refractivity contribution in [3.8, 4) is 0 Å². The summed E-state index contributed by atoms with van der Waals surface area (Å²) in [5, 5.41) is 0. The molecule has 2 N–H and O–H groups in total. The van der Waals surface area contributed by atoms with Gasteiger partial charge in [0.25, 0.3) is 0 Å². The van der Waals surface area contributed by atoms with E-state index in [4.69, 9.17) is 17.3 Å². The maximum Gasteiger partial charge on any atom is 0.0931 e. The van der Waals surface area contributed by atoms with Crippen molar-refractivity contribution in [2.75, 3.05) is 0 Å². The van der Waals surface area contributed by atoms with Crippen molar-refractivity contribution >= 4 is 22.9 Å². The Hall–Kier alpha value is -0.0500. The van der Waals surface area contributed by atoms with E-state index >= 15 is 0 Å². The second-order valence-electron chi connectivity index (χ2n) is 5.64. The first-order valence-electron chi connectivity index (χ1n) is 7.18. The van der Waals surface area contributed by atoms with E-state index in [0.717, 1.165) is 22.6 Å². The fraction of sp³-hybridized carbons (Fsp3) is 0.733. The lowest BCUT2D eigenvalue weighted by atomic mass is 9.76. The van der Waals surface area contributed by atoms with Gasteiger partial charge in [0.2, 0.25) is 0 Å². The minimum Gasteiger partial charge on any atom is -0.327 e. The van der Waals surface area contributed by atoms with Crippen LogP contribution in [0.15, 0.2) is 12.1 Å². The minimum absolute atomic E-state index is 0.322. The molecule has 0 aliphatic heterocycles. The van der Waals surface area contributed by atoms with Crippen molar-refractivity contribution in [3.05, 3.63) is 21.3 Å². The molecule has 0 bridgehead atoms. The first-order valence-corrected chi connectivity index (χ1v) is 8.38. The highest BCUT2D eigenvalue weighted by molar-refractivity contribution is 7.16. The minimum atomic E-state index is 0.322. The Kier molecular flexibility index (Phi) is 5.53. The molecule has 0 spiro atoms. The maximum atomic E-state index is 6.37. The SMILES string of the molecule is CCCC1CCC(C(N)Cc2ccc(Cl)s2)CC1. The zero-order chi connectivity index (χ0) is 13.0. The molecule has 0 radical (unpaired) electrons. The molecule has 3 heteroatoms. The number of thiophene rings is 1. The Balaban J connectivity index is 1.78.